The van der Waals surface area contributed by atoms with Crippen LogP contribution in [0.1, 0.15) is 37.0 Å². The number of halogens is 1. The topological polar surface area (TPSA) is 81.1 Å². The Labute approximate surface area is 116 Å². The van der Waals surface area contributed by atoms with Crippen LogP contribution in [0.4, 0.5) is 5.69 Å². The lowest BCUT2D eigenvalue weighted by Gasteiger charge is -2.27. The van der Waals surface area contributed by atoms with Crippen LogP contribution >= 0.6 is 15.9 Å². The van der Waals surface area contributed by atoms with Crippen LogP contribution in [0.15, 0.2) is 22.7 Å². The second-order valence-corrected chi connectivity index (χ2v) is 5.34. The molecule has 100 valence electrons. The maximum Gasteiger partial charge on any atom is 0.248 e. The normalized spacial score (nSPS) is 11.3. The Hall–Kier alpha value is -1.07. The molecule has 4 nitrogen and oxygen atoms in total. The van der Waals surface area contributed by atoms with E-state index in [-0.39, 0.29) is 5.54 Å². The summed E-state index contributed by atoms with van der Waals surface area (Å²) in [5.41, 5.74) is 12.6. The fourth-order valence-corrected chi connectivity index (χ4v) is 2.10. The van der Waals surface area contributed by atoms with Gasteiger partial charge >= 0.3 is 0 Å². The van der Waals surface area contributed by atoms with Crippen molar-refractivity contribution in [3.05, 3.63) is 28.2 Å². The molecule has 0 unspecified atom stereocenters. The number of benzene rings is 1. The van der Waals surface area contributed by atoms with Crippen molar-refractivity contribution in [2.75, 3.05) is 11.9 Å². The lowest BCUT2D eigenvalue weighted by molar-refractivity contribution is 0.100. The SMILES string of the molecule is CCC(N)(CC)CNc1ccc(C(N)=O)cc1Br. The number of nitrogens with one attached hydrogen (secondary N) is 1. The summed E-state index contributed by atoms with van der Waals surface area (Å²) < 4.78 is 0.813. The minimum absolute atomic E-state index is 0.207. The monoisotopic (exact) mass is 313 g/mol. The highest BCUT2D eigenvalue weighted by molar-refractivity contribution is 9.10. The number of hydrogen-bond acceptors (Lipinski definition) is 3. The molecule has 0 aliphatic carbocycles. The molecule has 0 fully saturated rings. The van der Waals surface area contributed by atoms with Gasteiger partial charge in [-0.3, -0.25) is 4.79 Å². The maximum absolute atomic E-state index is 11.0. The average molecular weight is 314 g/mol. The molecular formula is C13H20BrN3O. The first-order valence-corrected chi connectivity index (χ1v) is 6.83. The summed E-state index contributed by atoms with van der Waals surface area (Å²) in [7, 11) is 0. The number of carbonyl (C=O) groups excluding carboxylic acids is 1. The van der Waals surface area contributed by atoms with Gasteiger partial charge in [-0.25, -0.2) is 0 Å². The predicted octanol–water partition coefficient (Wildman–Crippen LogP) is 2.48. The standard InChI is InChI=1S/C13H20BrN3O/c1-3-13(16,4-2)8-17-11-6-5-9(12(15)18)7-10(11)14/h5-7,17H,3-4,8,16H2,1-2H3,(H2,15,18). The van der Waals surface area contributed by atoms with Crippen LogP contribution < -0.4 is 16.8 Å². The number of hydrogen-bond donors (Lipinski definition) is 3. The molecule has 18 heavy (non-hydrogen) atoms. The van der Waals surface area contributed by atoms with Crippen molar-refractivity contribution in [2.45, 2.75) is 32.2 Å². The molecule has 0 aliphatic rings. The van der Waals surface area contributed by atoms with Gasteiger partial charge in [0, 0.05) is 27.8 Å². The summed E-state index contributed by atoms with van der Waals surface area (Å²) in [6.07, 6.45) is 1.82. The Morgan fingerprint density at radius 3 is 2.44 bits per heavy atom. The van der Waals surface area contributed by atoms with Gasteiger partial charge in [0.1, 0.15) is 0 Å². The van der Waals surface area contributed by atoms with Crippen LogP contribution in [0.25, 0.3) is 0 Å². The third-order valence-electron chi connectivity index (χ3n) is 3.29. The van der Waals surface area contributed by atoms with E-state index in [9.17, 15) is 4.79 Å². The van der Waals surface area contributed by atoms with E-state index in [1.54, 1.807) is 12.1 Å². The minimum Gasteiger partial charge on any atom is -0.382 e. The van der Waals surface area contributed by atoms with Crippen LogP contribution in [-0.4, -0.2) is 18.0 Å². The molecule has 1 rings (SSSR count). The van der Waals surface area contributed by atoms with E-state index in [0.29, 0.717) is 12.1 Å². The molecule has 1 amide bonds. The number of rotatable bonds is 6. The third kappa shape index (κ3) is 3.71. The van der Waals surface area contributed by atoms with Crippen molar-refractivity contribution in [2.24, 2.45) is 11.5 Å². The predicted molar refractivity (Wildman–Crippen MR) is 78.7 cm³/mol. The first-order chi connectivity index (χ1) is 8.41. The van der Waals surface area contributed by atoms with Gasteiger partial charge in [0.2, 0.25) is 5.91 Å². The minimum atomic E-state index is -0.433. The molecule has 0 aromatic heterocycles. The molecule has 0 heterocycles. The third-order valence-corrected chi connectivity index (χ3v) is 3.95. The molecule has 5 heteroatoms. The summed E-state index contributed by atoms with van der Waals surface area (Å²) in [5.74, 6) is -0.433. The van der Waals surface area contributed by atoms with E-state index in [4.69, 9.17) is 11.5 Å². The molecule has 1 aromatic rings. The summed E-state index contributed by atoms with van der Waals surface area (Å²) in [4.78, 5) is 11.0. The smallest absolute Gasteiger partial charge is 0.248 e. The van der Waals surface area contributed by atoms with Gasteiger partial charge in [-0.05, 0) is 47.0 Å². The lowest BCUT2D eigenvalue weighted by Crippen LogP contribution is -2.45. The molecule has 0 bridgehead atoms. The number of amides is 1. The Kier molecular flexibility index (Phi) is 5.16. The number of carbonyl (C=O) groups is 1. The zero-order chi connectivity index (χ0) is 13.8. The molecule has 0 saturated carbocycles. The van der Waals surface area contributed by atoms with E-state index in [1.807, 2.05) is 6.07 Å². The Morgan fingerprint density at radius 1 is 1.39 bits per heavy atom. The summed E-state index contributed by atoms with van der Waals surface area (Å²) >= 11 is 3.42. The Balaban J connectivity index is 2.77. The second-order valence-electron chi connectivity index (χ2n) is 4.48. The molecule has 0 atom stereocenters. The molecule has 5 N–H and O–H groups in total. The van der Waals surface area contributed by atoms with Crippen LogP contribution in [0.3, 0.4) is 0 Å². The number of primary amides is 1. The molecule has 0 radical (unpaired) electrons. The second kappa shape index (κ2) is 6.20. The van der Waals surface area contributed by atoms with Crippen LogP contribution in [0.5, 0.6) is 0 Å². The zero-order valence-electron chi connectivity index (χ0n) is 10.8. The van der Waals surface area contributed by atoms with E-state index < -0.39 is 5.91 Å². The van der Waals surface area contributed by atoms with E-state index in [1.165, 1.54) is 0 Å². The van der Waals surface area contributed by atoms with Crippen molar-refractivity contribution in [3.63, 3.8) is 0 Å². The van der Waals surface area contributed by atoms with Gasteiger partial charge in [-0.2, -0.15) is 0 Å². The highest BCUT2D eigenvalue weighted by atomic mass is 79.9. The first-order valence-electron chi connectivity index (χ1n) is 6.04. The van der Waals surface area contributed by atoms with Crippen molar-refractivity contribution >= 4 is 27.5 Å². The first kappa shape index (κ1) is 15.0. The molecule has 1 aromatic carbocycles. The van der Waals surface area contributed by atoms with Crippen molar-refractivity contribution in [1.29, 1.82) is 0 Å². The highest BCUT2D eigenvalue weighted by Gasteiger charge is 2.20. The molecule has 0 saturated heterocycles. The zero-order valence-corrected chi connectivity index (χ0v) is 12.4. The highest BCUT2D eigenvalue weighted by Crippen LogP contribution is 2.24. The molecule has 0 aliphatic heterocycles. The van der Waals surface area contributed by atoms with Crippen molar-refractivity contribution < 1.29 is 4.79 Å². The van der Waals surface area contributed by atoms with E-state index in [0.717, 1.165) is 23.0 Å². The fourth-order valence-electron chi connectivity index (χ4n) is 1.58. The Morgan fingerprint density at radius 2 is 2.00 bits per heavy atom. The average Bonchev–Trinajstić information content (AvgIpc) is 2.36. The lowest BCUT2D eigenvalue weighted by atomic mass is 9.94. The van der Waals surface area contributed by atoms with Gasteiger partial charge in [0.15, 0.2) is 0 Å². The summed E-state index contributed by atoms with van der Waals surface area (Å²) in [6.45, 7) is 4.85. The largest absolute Gasteiger partial charge is 0.382 e. The van der Waals surface area contributed by atoms with E-state index in [2.05, 4.69) is 35.1 Å². The number of nitrogens with two attached hydrogens (primary N) is 2. The van der Waals surface area contributed by atoms with Crippen LogP contribution in [-0.2, 0) is 0 Å². The summed E-state index contributed by atoms with van der Waals surface area (Å²) in [5, 5.41) is 3.30. The van der Waals surface area contributed by atoms with Gasteiger partial charge in [-0.15, -0.1) is 0 Å². The Bertz CT molecular complexity index is 430. The molecular weight excluding hydrogens is 294 g/mol. The van der Waals surface area contributed by atoms with Crippen molar-refractivity contribution in [1.82, 2.24) is 0 Å². The van der Waals surface area contributed by atoms with Gasteiger partial charge in [-0.1, -0.05) is 13.8 Å². The number of anilines is 1. The van der Waals surface area contributed by atoms with Gasteiger partial charge in [0.25, 0.3) is 0 Å². The summed E-state index contributed by atoms with van der Waals surface area (Å²) in [6, 6.07) is 5.24. The molecule has 0 spiro atoms. The van der Waals surface area contributed by atoms with E-state index >= 15 is 0 Å². The van der Waals surface area contributed by atoms with Gasteiger partial charge < -0.3 is 16.8 Å². The quantitative estimate of drug-likeness (QED) is 0.754. The fraction of sp³-hybridized carbons (Fsp3) is 0.462. The van der Waals surface area contributed by atoms with Crippen molar-refractivity contribution in [3.8, 4) is 0 Å². The maximum atomic E-state index is 11.0. The van der Waals surface area contributed by atoms with Crippen LogP contribution in [0, 0.1) is 0 Å². The van der Waals surface area contributed by atoms with Crippen LogP contribution in [0.2, 0.25) is 0 Å². The van der Waals surface area contributed by atoms with Gasteiger partial charge in [0.05, 0.1) is 0 Å².